The molecular weight excluding hydrogens is 573 g/mol. The third-order valence-electron chi connectivity index (χ3n) is 7.37. The fourth-order valence-corrected chi connectivity index (χ4v) is 6.91. The summed E-state index contributed by atoms with van der Waals surface area (Å²) in [6.45, 7) is 0. The van der Waals surface area contributed by atoms with Crippen molar-refractivity contribution in [2.24, 2.45) is 12.5 Å². The molecule has 1 saturated carbocycles. The first-order chi connectivity index (χ1) is 19.2. The predicted molar refractivity (Wildman–Crippen MR) is 154 cm³/mol. The summed E-state index contributed by atoms with van der Waals surface area (Å²) in [7, 11) is 1.86. The maximum Gasteiger partial charge on any atom is 0.326 e. The number of nitrogens with one attached hydrogen (secondary N) is 2. The number of carbonyl (C=O) groups is 3. The number of aliphatic carboxylic acids is 1. The molecule has 208 valence electrons. The molecule has 0 unspecified atom stereocenters. The average molecular weight is 601 g/mol. The number of allylic oxidation sites excluding steroid dienone is 2. The van der Waals surface area contributed by atoms with Crippen LogP contribution >= 0.6 is 35.0 Å². The molecule has 2 aliphatic rings. The van der Waals surface area contributed by atoms with Gasteiger partial charge in [-0.05, 0) is 42.3 Å². The van der Waals surface area contributed by atoms with Crippen molar-refractivity contribution in [1.29, 1.82) is 0 Å². The maximum atomic E-state index is 13.4. The van der Waals surface area contributed by atoms with Gasteiger partial charge >= 0.3 is 5.97 Å². The molecule has 12 heteroatoms. The number of aromatic nitrogens is 3. The van der Waals surface area contributed by atoms with Crippen LogP contribution in [0, 0.1) is 5.41 Å². The Morgan fingerprint density at radius 1 is 1.12 bits per heavy atom. The topological polar surface area (TPSA) is 126 Å². The molecule has 1 spiro atoms. The summed E-state index contributed by atoms with van der Waals surface area (Å²) in [4.78, 5) is 47.2. The number of carboxylic acid groups (broad SMARTS) is 1. The van der Waals surface area contributed by atoms with Crippen molar-refractivity contribution in [2.45, 2.75) is 49.7 Å². The van der Waals surface area contributed by atoms with E-state index in [1.54, 1.807) is 30.5 Å². The van der Waals surface area contributed by atoms with Crippen LogP contribution < -0.4 is 10.6 Å². The van der Waals surface area contributed by atoms with E-state index < -0.39 is 23.3 Å². The van der Waals surface area contributed by atoms with Crippen LogP contribution in [0.5, 0.6) is 0 Å². The van der Waals surface area contributed by atoms with Gasteiger partial charge in [0.1, 0.15) is 6.04 Å². The average Bonchev–Trinajstić information content (AvgIpc) is 3.35. The summed E-state index contributed by atoms with van der Waals surface area (Å²) >= 11 is 13.4. The summed E-state index contributed by atoms with van der Waals surface area (Å²) < 4.78 is 1.83. The molecule has 0 radical (unpaired) electrons. The van der Waals surface area contributed by atoms with Crippen molar-refractivity contribution in [2.75, 3.05) is 5.32 Å². The SMILES string of the molecule is Cn1ccnc1SC1=C(N[C@@H](Cc2ccc(NC(=O)c3c(Cl)cncc3Cl)cc2)C(=O)O)C2(CCCCC2)C1=O. The number of carbonyl (C=O) groups excluding carboxylic acids is 2. The minimum Gasteiger partial charge on any atom is -0.480 e. The molecule has 1 fully saturated rings. The fourth-order valence-electron chi connectivity index (χ4n) is 5.23. The van der Waals surface area contributed by atoms with E-state index in [9.17, 15) is 19.5 Å². The lowest BCUT2D eigenvalue weighted by Crippen LogP contribution is -2.54. The van der Waals surface area contributed by atoms with E-state index in [0.717, 1.165) is 24.8 Å². The zero-order valence-electron chi connectivity index (χ0n) is 21.6. The highest BCUT2D eigenvalue weighted by Gasteiger charge is 2.55. The van der Waals surface area contributed by atoms with Crippen LogP contribution in [0.3, 0.4) is 0 Å². The zero-order chi connectivity index (χ0) is 28.4. The highest BCUT2D eigenvalue weighted by Crippen LogP contribution is 2.55. The van der Waals surface area contributed by atoms with Crippen LogP contribution in [-0.2, 0) is 23.1 Å². The van der Waals surface area contributed by atoms with E-state index in [-0.39, 0.29) is 27.8 Å². The number of thioether (sulfide) groups is 1. The minimum absolute atomic E-state index is 0.0707. The van der Waals surface area contributed by atoms with Gasteiger partial charge in [-0.25, -0.2) is 9.78 Å². The molecule has 40 heavy (non-hydrogen) atoms. The summed E-state index contributed by atoms with van der Waals surface area (Å²) in [5.74, 6) is -1.42. The number of imidazole rings is 1. The molecular formula is C28H27Cl2N5O4S. The second kappa shape index (κ2) is 11.6. The number of halogens is 2. The number of aryl methyl sites for hydroxylation is 1. The third-order valence-corrected chi connectivity index (χ3v) is 9.12. The number of rotatable bonds is 9. The maximum absolute atomic E-state index is 13.4. The Balaban J connectivity index is 1.33. The molecule has 0 bridgehead atoms. The van der Waals surface area contributed by atoms with Gasteiger partial charge < -0.3 is 20.3 Å². The van der Waals surface area contributed by atoms with Crippen molar-refractivity contribution in [3.8, 4) is 0 Å². The Hall–Kier alpha value is -3.34. The highest BCUT2D eigenvalue weighted by atomic mass is 35.5. The number of benzene rings is 1. The molecule has 9 nitrogen and oxygen atoms in total. The second-order valence-corrected chi connectivity index (χ2v) is 11.8. The molecule has 0 saturated heterocycles. The van der Waals surface area contributed by atoms with E-state index in [1.165, 1.54) is 24.2 Å². The van der Waals surface area contributed by atoms with E-state index in [0.29, 0.717) is 34.3 Å². The molecule has 2 aliphatic carbocycles. The highest BCUT2D eigenvalue weighted by molar-refractivity contribution is 8.04. The van der Waals surface area contributed by atoms with Crippen LogP contribution in [0.1, 0.15) is 48.0 Å². The number of ketones is 1. The summed E-state index contributed by atoms with van der Waals surface area (Å²) in [5.41, 5.74) is 1.44. The first-order valence-corrected chi connectivity index (χ1v) is 14.4. The normalized spacial score (nSPS) is 16.9. The predicted octanol–water partition coefficient (Wildman–Crippen LogP) is 5.50. The van der Waals surface area contributed by atoms with Crippen LogP contribution in [0.2, 0.25) is 10.0 Å². The fraction of sp³-hybridized carbons (Fsp3) is 0.321. The van der Waals surface area contributed by atoms with Gasteiger partial charge in [0.2, 0.25) is 0 Å². The van der Waals surface area contributed by atoms with Crippen molar-refractivity contribution in [1.82, 2.24) is 19.9 Å². The summed E-state index contributed by atoms with van der Waals surface area (Å²) in [5, 5.41) is 17.1. The van der Waals surface area contributed by atoms with E-state index in [4.69, 9.17) is 23.2 Å². The summed E-state index contributed by atoms with van der Waals surface area (Å²) in [6, 6.07) is 5.93. The monoisotopic (exact) mass is 599 g/mol. The van der Waals surface area contributed by atoms with Crippen molar-refractivity contribution >= 4 is 58.3 Å². The van der Waals surface area contributed by atoms with Crippen LogP contribution in [-0.4, -0.2) is 43.3 Å². The third kappa shape index (κ3) is 5.48. The van der Waals surface area contributed by atoms with Gasteiger partial charge in [-0.1, -0.05) is 54.6 Å². The number of hydrogen-bond donors (Lipinski definition) is 3. The zero-order valence-corrected chi connectivity index (χ0v) is 23.9. The first-order valence-electron chi connectivity index (χ1n) is 12.8. The molecule has 3 N–H and O–H groups in total. The Morgan fingerprint density at radius 3 is 2.40 bits per heavy atom. The molecule has 0 aliphatic heterocycles. The quantitative estimate of drug-likeness (QED) is 0.294. The van der Waals surface area contributed by atoms with E-state index >= 15 is 0 Å². The Labute approximate surface area is 245 Å². The van der Waals surface area contributed by atoms with Crippen molar-refractivity contribution in [3.05, 3.63) is 80.8 Å². The smallest absolute Gasteiger partial charge is 0.326 e. The minimum atomic E-state index is -1.02. The van der Waals surface area contributed by atoms with Gasteiger partial charge in [-0.3, -0.25) is 14.6 Å². The number of hydrogen-bond acceptors (Lipinski definition) is 7. The molecule has 2 aromatic heterocycles. The molecule has 1 amide bonds. The lowest BCUT2D eigenvalue weighted by Gasteiger charge is -2.47. The molecule has 1 aromatic carbocycles. The van der Waals surface area contributed by atoms with Crippen molar-refractivity contribution < 1.29 is 19.5 Å². The van der Waals surface area contributed by atoms with Gasteiger partial charge in [-0.15, -0.1) is 0 Å². The number of Topliss-reactive ketones (excluding diaryl/α,β-unsaturated/α-hetero) is 1. The van der Waals surface area contributed by atoms with E-state index in [2.05, 4.69) is 20.6 Å². The number of amides is 1. The van der Waals surface area contributed by atoms with Gasteiger partial charge in [0.25, 0.3) is 5.91 Å². The Morgan fingerprint density at radius 2 is 1.80 bits per heavy atom. The van der Waals surface area contributed by atoms with Gasteiger partial charge in [-0.2, -0.15) is 0 Å². The molecule has 3 aromatic rings. The molecule has 1 atom stereocenters. The number of carboxylic acids is 1. The van der Waals surface area contributed by atoms with Crippen LogP contribution in [0.4, 0.5) is 5.69 Å². The Kier molecular flexibility index (Phi) is 8.21. The van der Waals surface area contributed by atoms with Gasteiger partial charge in [0, 0.05) is 49.6 Å². The second-order valence-electron chi connectivity index (χ2n) is 9.97. The Bertz CT molecular complexity index is 1480. The molecule has 5 rings (SSSR count). The van der Waals surface area contributed by atoms with Crippen LogP contribution in [0.25, 0.3) is 0 Å². The first kappa shape index (κ1) is 28.2. The number of anilines is 1. The van der Waals surface area contributed by atoms with E-state index in [1.807, 2.05) is 17.8 Å². The van der Waals surface area contributed by atoms with Gasteiger partial charge in [0.15, 0.2) is 10.9 Å². The lowest BCUT2D eigenvalue weighted by atomic mass is 9.62. The number of pyridine rings is 1. The largest absolute Gasteiger partial charge is 0.480 e. The molecule has 2 heterocycles. The van der Waals surface area contributed by atoms with Gasteiger partial charge in [0.05, 0.1) is 25.9 Å². The number of nitrogens with zero attached hydrogens (tertiary/aromatic N) is 3. The van der Waals surface area contributed by atoms with Crippen molar-refractivity contribution in [3.63, 3.8) is 0 Å². The summed E-state index contributed by atoms with van der Waals surface area (Å²) in [6.07, 6.45) is 10.7. The standard InChI is InChI=1S/C28H27Cl2N5O4S/c1-35-12-11-32-27(35)40-22-23(28(24(22)36)9-3-2-4-10-28)34-20(26(38)39)13-16-5-7-17(8-6-16)33-25(37)21-18(29)14-31-15-19(21)30/h5-8,11-12,14-15,20,34H,2-4,9-10,13H2,1H3,(H,33,37)(H,38,39)/t20-/m0/s1. The lowest BCUT2D eigenvalue weighted by molar-refractivity contribution is -0.140. The van der Waals surface area contributed by atoms with Crippen LogP contribution in [0.15, 0.2) is 64.8 Å².